The summed E-state index contributed by atoms with van der Waals surface area (Å²) in [5.41, 5.74) is -1.19. The molecule has 0 radical (unpaired) electrons. The topological polar surface area (TPSA) is 46.5 Å². The Morgan fingerprint density at radius 2 is 1.94 bits per heavy atom. The molecule has 0 saturated heterocycles. The van der Waals surface area contributed by atoms with Crippen molar-refractivity contribution in [1.82, 2.24) is 0 Å². The van der Waals surface area contributed by atoms with Crippen molar-refractivity contribution in [3.8, 4) is 0 Å². The van der Waals surface area contributed by atoms with Gasteiger partial charge >= 0.3 is 5.97 Å². The van der Waals surface area contributed by atoms with Crippen molar-refractivity contribution < 1.29 is 14.6 Å². The summed E-state index contributed by atoms with van der Waals surface area (Å²) in [5, 5.41) is 10.2. The van der Waals surface area contributed by atoms with Crippen LogP contribution in [-0.4, -0.2) is 23.3 Å². The Morgan fingerprint density at radius 3 is 2.50 bits per heavy atom. The number of aliphatic hydroxyl groups is 1. The first kappa shape index (κ1) is 15.5. The van der Waals surface area contributed by atoms with Crippen molar-refractivity contribution in [3.05, 3.63) is 0 Å². The molecule has 0 spiro atoms. The molecule has 1 rings (SSSR count). The van der Waals surface area contributed by atoms with E-state index in [1.165, 1.54) is 12.8 Å². The minimum Gasteiger partial charge on any atom is -0.463 e. The van der Waals surface area contributed by atoms with Gasteiger partial charge in [-0.2, -0.15) is 0 Å². The summed E-state index contributed by atoms with van der Waals surface area (Å²) in [6.07, 6.45) is 8.61. The highest BCUT2D eigenvalue weighted by Gasteiger charge is 2.38. The van der Waals surface area contributed by atoms with E-state index >= 15 is 0 Å². The zero-order valence-corrected chi connectivity index (χ0v) is 11.9. The predicted molar refractivity (Wildman–Crippen MR) is 72.3 cm³/mol. The maximum atomic E-state index is 11.9. The van der Waals surface area contributed by atoms with Crippen molar-refractivity contribution in [2.75, 3.05) is 6.61 Å². The fourth-order valence-corrected chi connectivity index (χ4v) is 2.57. The number of rotatable bonds is 7. The van der Waals surface area contributed by atoms with E-state index in [-0.39, 0.29) is 0 Å². The van der Waals surface area contributed by atoms with Crippen LogP contribution in [0.25, 0.3) is 0 Å². The van der Waals surface area contributed by atoms with Crippen LogP contribution in [0, 0.1) is 5.92 Å². The molecule has 3 heteroatoms. The zero-order valence-electron chi connectivity index (χ0n) is 11.9. The van der Waals surface area contributed by atoms with Gasteiger partial charge in [0.25, 0.3) is 0 Å². The van der Waals surface area contributed by atoms with E-state index in [1.807, 2.05) is 0 Å². The molecule has 0 aromatic rings. The molecule has 0 bridgehead atoms. The molecule has 18 heavy (non-hydrogen) atoms. The molecule has 1 aliphatic rings. The van der Waals surface area contributed by atoms with E-state index in [2.05, 4.69) is 13.8 Å². The molecular weight excluding hydrogens is 228 g/mol. The number of ether oxygens (including phenoxy) is 1. The quantitative estimate of drug-likeness (QED) is 0.710. The molecule has 1 saturated carbocycles. The van der Waals surface area contributed by atoms with Gasteiger partial charge < -0.3 is 9.84 Å². The first-order valence-corrected chi connectivity index (χ1v) is 7.52. The Balaban J connectivity index is 2.34. The summed E-state index contributed by atoms with van der Waals surface area (Å²) >= 11 is 0. The first-order valence-electron chi connectivity index (χ1n) is 7.52. The van der Waals surface area contributed by atoms with Gasteiger partial charge in [0, 0.05) is 0 Å². The Labute approximate surface area is 111 Å². The smallest absolute Gasteiger partial charge is 0.338 e. The van der Waals surface area contributed by atoms with Gasteiger partial charge in [-0.15, -0.1) is 0 Å². The fourth-order valence-electron chi connectivity index (χ4n) is 2.57. The maximum Gasteiger partial charge on any atom is 0.338 e. The number of unbranched alkanes of at least 4 members (excludes halogenated alkanes) is 1. The normalized spacial score (nSPS) is 20.4. The molecule has 1 aliphatic carbocycles. The van der Waals surface area contributed by atoms with E-state index in [9.17, 15) is 9.90 Å². The lowest BCUT2D eigenvalue weighted by atomic mass is 9.85. The highest BCUT2D eigenvalue weighted by atomic mass is 16.5. The lowest BCUT2D eigenvalue weighted by Gasteiger charge is -2.30. The minimum absolute atomic E-state index is 0.392. The highest BCUT2D eigenvalue weighted by molar-refractivity contribution is 5.79. The second kappa shape index (κ2) is 7.78. The molecule has 0 aliphatic heterocycles. The molecule has 3 nitrogen and oxygen atoms in total. The predicted octanol–water partition coefficient (Wildman–Crippen LogP) is 3.44. The standard InChI is InChI=1S/C15H28O3/c1-3-5-9-13(4-2)12-18-14(16)15(17)10-7-6-8-11-15/h13,17H,3-12H2,1-2H3. The molecule has 1 unspecified atom stereocenters. The van der Waals surface area contributed by atoms with Crippen LogP contribution < -0.4 is 0 Å². The number of carbonyl (C=O) groups excluding carboxylic acids is 1. The van der Waals surface area contributed by atoms with Gasteiger partial charge in [0.2, 0.25) is 0 Å². The van der Waals surface area contributed by atoms with Crippen molar-refractivity contribution in [3.63, 3.8) is 0 Å². The first-order chi connectivity index (χ1) is 8.62. The summed E-state index contributed by atoms with van der Waals surface area (Å²) in [4.78, 5) is 11.9. The van der Waals surface area contributed by atoms with Gasteiger partial charge in [-0.3, -0.25) is 0 Å². The lowest BCUT2D eigenvalue weighted by molar-refractivity contribution is -0.170. The molecule has 0 heterocycles. The third-order valence-electron chi connectivity index (χ3n) is 4.05. The van der Waals surface area contributed by atoms with Crippen LogP contribution in [0.3, 0.4) is 0 Å². The average Bonchev–Trinajstić information content (AvgIpc) is 2.39. The molecule has 1 atom stereocenters. The van der Waals surface area contributed by atoms with Crippen molar-refractivity contribution in [1.29, 1.82) is 0 Å². The molecule has 0 aromatic carbocycles. The van der Waals surface area contributed by atoms with Gasteiger partial charge in [-0.25, -0.2) is 4.79 Å². The second-order valence-corrected chi connectivity index (χ2v) is 5.61. The Morgan fingerprint density at radius 1 is 1.28 bits per heavy atom. The molecular formula is C15H28O3. The number of carbonyl (C=O) groups is 1. The summed E-state index contributed by atoms with van der Waals surface area (Å²) in [6.45, 7) is 4.77. The van der Waals surface area contributed by atoms with Crippen LogP contribution >= 0.6 is 0 Å². The molecule has 1 N–H and O–H groups in total. The van der Waals surface area contributed by atoms with Crippen molar-refractivity contribution in [2.24, 2.45) is 5.92 Å². The van der Waals surface area contributed by atoms with Gasteiger partial charge in [0.15, 0.2) is 5.60 Å². The Bertz CT molecular complexity index is 244. The second-order valence-electron chi connectivity index (χ2n) is 5.61. The van der Waals surface area contributed by atoms with Gasteiger partial charge in [-0.05, 0) is 38.0 Å². The molecule has 106 valence electrons. The van der Waals surface area contributed by atoms with Crippen LogP contribution in [0.1, 0.15) is 71.6 Å². The molecule has 0 aromatic heterocycles. The number of esters is 1. The van der Waals surface area contributed by atoms with Gasteiger partial charge in [-0.1, -0.05) is 39.5 Å². The number of hydrogen-bond donors (Lipinski definition) is 1. The summed E-state index contributed by atoms with van der Waals surface area (Å²) in [7, 11) is 0. The van der Waals surface area contributed by atoms with Gasteiger partial charge in [0.1, 0.15) is 0 Å². The lowest BCUT2D eigenvalue weighted by Crippen LogP contribution is -2.42. The Hall–Kier alpha value is -0.570. The number of hydrogen-bond acceptors (Lipinski definition) is 3. The zero-order chi connectivity index (χ0) is 13.4. The van der Waals surface area contributed by atoms with Crippen LogP contribution in [0.4, 0.5) is 0 Å². The fraction of sp³-hybridized carbons (Fsp3) is 0.933. The molecule has 1 fully saturated rings. The third kappa shape index (κ3) is 4.60. The van der Waals surface area contributed by atoms with E-state index in [4.69, 9.17) is 4.74 Å². The highest BCUT2D eigenvalue weighted by Crippen LogP contribution is 2.29. The van der Waals surface area contributed by atoms with Crippen molar-refractivity contribution in [2.45, 2.75) is 77.2 Å². The van der Waals surface area contributed by atoms with Gasteiger partial charge in [0.05, 0.1) is 6.61 Å². The minimum atomic E-state index is -1.19. The SMILES string of the molecule is CCCCC(CC)COC(=O)C1(O)CCCCC1. The maximum absolute atomic E-state index is 11.9. The van der Waals surface area contributed by atoms with E-state index < -0.39 is 11.6 Å². The average molecular weight is 256 g/mol. The van der Waals surface area contributed by atoms with E-state index in [1.54, 1.807) is 0 Å². The molecule has 0 amide bonds. The monoisotopic (exact) mass is 256 g/mol. The summed E-state index contributed by atoms with van der Waals surface area (Å²) in [6, 6.07) is 0. The third-order valence-corrected chi connectivity index (χ3v) is 4.05. The van der Waals surface area contributed by atoms with E-state index in [0.29, 0.717) is 25.4 Å². The van der Waals surface area contributed by atoms with Crippen LogP contribution in [-0.2, 0) is 9.53 Å². The largest absolute Gasteiger partial charge is 0.463 e. The Kier molecular flexibility index (Phi) is 6.69. The van der Waals surface area contributed by atoms with Crippen LogP contribution in [0.2, 0.25) is 0 Å². The van der Waals surface area contributed by atoms with Crippen LogP contribution in [0.5, 0.6) is 0 Å². The van der Waals surface area contributed by atoms with Crippen molar-refractivity contribution >= 4 is 5.97 Å². The van der Waals surface area contributed by atoms with Crippen LogP contribution in [0.15, 0.2) is 0 Å². The summed E-state index contributed by atoms with van der Waals surface area (Å²) < 4.78 is 5.35. The summed E-state index contributed by atoms with van der Waals surface area (Å²) in [5.74, 6) is 0.0539. The van der Waals surface area contributed by atoms with E-state index in [0.717, 1.165) is 32.1 Å².